The Morgan fingerprint density at radius 1 is 1.00 bits per heavy atom. The van der Waals surface area contributed by atoms with Crippen LogP contribution in [-0.2, 0) is 0 Å². The second-order valence-electron chi connectivity index (χ2n) is 6.03. The van der Waals surface area contributed by atoms with Gasteiger partial charge in [-0.3, -0.25) is 4.79 Å². The van der Waals surface area contributed by atoms with Crippen LogP contribution in [0.1, 0.15) is 39.1 Å². The van der Waals surface area contributed by atoms with E-state index in [2.05, 4.69) is 10.2 Å². The van der Waals surface area contributed by atoms with Crippen molar-refractivity contribution in [3.8, 4) is 0 Å². The molecule has 0 aromatic heterocycles. The highest BCUT2D eigenvalue weighted by molar-refractivity contribution is 6.05. The van der Waals surface area contributed by atoms with Crippen LogP contribution in [-0.4, -0.2) is 30.1 Å². The molecule has 5 nitrogen and oxygen atoms in total. The average Bonchev–Trinajstić information content (AvgIpc) is 3.11. The molecule has 0 atom stereocenters. The van der Waals surface area contributed by atoms with Gasteiger partial charge >= 0.3 is 5.97 Å². The third-order valence-electron chi connectivity index (χ3n) is 4.32. The van der Waals surface area contributed by atoms with E-state index in [0.29, 0.717) is 11.3 Å². The smallest absolute Gasteiger partial charge is 0.335 e. The molecule has 2 N–H and O–H groups in total. The molecule has 0 saturated carbocycles. The molecular formula is C19H20N2O3. The summed E-state index contributed by atoms with van der Waals surface area (Å²) >= 11 is 0. The fourth-order valence-electron chi connectivity index (χ4n) is 2.93. The normalized spacial score (nSPS) is 13.8. The van der Waals surface area contributed by atoms with Crippen molar-refractivity contribution in [2.75, 3.05) is 23.3 Å². The van der Waals surface area contributed by atoms with Crippen LogP contribution in [0.3, 0.4) is 0 Å². The van der Waals surface area contributed by atoms with Gasteiger partial charge in [0.2, 0.25) is 0 Å². The first-order chi connectivity index (χ1) is 11.5. The van der Waals surface area contributed by atoms with E-state index in [1.807, 2.05) is 24.3 Å². The average molecular weight is 324 g/mol. The van der Waals surface area contributed by atoms with Gasteiger partial charge in [0.1, 0.15) is 0 Å². The molecule has 124 valence electrons. The van der Waals surface area contributed by atoms with Gasteiger partial charge in [0, 0.05) is 30.0 Å². The Hall–Kier alpha value is -2.82. The van der Waals surface area contributed by atoms with Crippen molar-refractivity contribution >= 4 is 23.3 Å². The van der Waals surface area contributed by atoms with Crippen LogP contribution in [0.4, 0.5) is 11.4 Å². The summed E-state index contributed by atoms with van der Waals surface area (Å²) in [5, 5.41) is 11.8. The SMILES string of the molecule is Cc1cc(C(=O)O)ccc1NC(=O)c1ccc(N2CCCC2)cc1. The van der Waals surface area contributed by atoms with E-state index in [9.17, 15) is 9.59 Å². The first-order valence-corrected chi connectivity index (χ1v) is 8.05. The minimum atomic E-state index is -0.978. The number of hydrogen-bond donors (Lipinski definition) is 2. The first kappa shape index (κ1) is 16.1. The minimum absolute atomic E-state index is 0.200. The summed E-state index contributed by atoms with van der Waals surface area (Å²) in [5.41, 5.74) is 3.27. The lowest BCUT2D eigenvalue weighted by atomic mass is 10.1. The maximum Gasteiger partial charge on any atom is 0.335 e. The number of nitrogens with zero attached hydrogens (tertiary/aromatic N) is 1. The molecule has 2 aromatic carbocycles. The van der Waals surface area contributed by atoms with Crippen molar-refractivity contribution in [3.63, 3.8) is 0 Å². The van der Waals surface area contributed by atoms with Gasteiger partial charge in [-0.1, -0.05) is 0 Å². The van der Waals surface area contributed by atoms with Crippen molar-refractivity contribution < 1.29 is 14.7 Å². The van der Waals surface area contributed by atoms with Crippen molar-refractivity contribution in [1.29, 1.82) is 0 Å². The molecular weight excluding hydrogens is 304 g/mol. The predicted octanol–water partition coefficient (Wildman–Crippen LogP) is 3.55. The lowest BCUT2D eigenvalue weighted by molar-refractivity contribution is 0.0696. The number of amides is 1. The molecule has 0 radical (unpaired) electrons. The number of aryl methyl sites for hydroxylation is 1. The Morgan fingerprint density at radius 2 is 1.62 bits per heavy atom. The molecule has 0 unspecified atom stereocenters. The summed E-state index contributed by atoms with van der Waals surface area (Å²) in [4.78, 5) is 25.7. The summed E-state index contributed by atoms with van der Waals surface area (Å²) in [5.74, 6) is -1.18. The molecule has 0 spiro atoms. The van der Waals surface area contributed by atoms with Crippen LogP contribution in [0.5, 0.6) is 0 Å². The third kappa shape index (κ3) is 3.40. The zero-order valence-electron chi connectivity index (χ0n) is 13.6. The minimum Gasteiger partial charge on any atom is -0.478 e. The van der Waals surface area contributed by atoms with Crippen molar-refractivity contribution in [2.24, 2.45) is 0 Å². The number of carboxylic acids is 1. The Bertz CT molecular complexity index is 763. The van der Waals surface area contributed by atoms with Crippen molar-refractivity contribution in [2.45, 2.75) is 19.8 Å². The van der Waals surface area contributed by atoms with E-state index in [-0.39, 0.29) is 11.5 Å². The number of nitrogens with one attached hydrogen (secondary N) is 1. The van der Waals surface area contributed by atoms with Gasteiger partial charge in [0.05, 0.1) is 5.56 Å². The van der Waals surface area contributed by atoms with Crippen LogP contribution in [0.15, 0.2) is 42.5 Å². The first-order valence-electron chi connectivity index (χ1n) is 8.05. The molecule has 2 aromatic rings. The molecule has 1 heterocycles. The van der Waals surface area contributed by atoms with Crippen LogP contribution in [0.25, 0.3) is 0 Å². The summed E-state index contributed by atoms with van der Waals surface area (Å²) < 4.78 is 0. The zero-order chi connectivity index (χ0) is 17.1. The lowest BCUT2D eigenvalue weighted by Gasteiger charge is -2.17. The second-order valence-corrected chi connectivity index (χ2v) is 6.03. The number of aromatic carboxylic acids is 1. The Kier molecular flexibility index (Phi) is 4.51. The predicted molar refractivity (Wildman–Crippen MR) is 94.0 cm³/mol. The van der Waals surface area contributed by atoms with Crippen LogP contribution in [0, 0.1) is 6.92 Å². The second kappa shape index (κ2) is 6.74. The Labute approximate surface area is 140 Å². The molecule has 5 heteroatoms. The highest BCUT2D eigenvalue weighted by Crippen LogP contribution is 2.22. The number of benzene rings is 2. The Balaban J connectivity index is 1.71. The highest BCUT2D eigenvalue weighted by atomic mass is 16.4. The molecule has 1 amide bonds. The number of carboxylic acid groups (broad SMARTS) is 1. The molecule has 24 heavy (non-hydrogen) atoms. The number of rotatable bonds is 4. The maximum absolute atomic E-state index is 12.4. The third-order valence-corrected chi connectivity index (χ3v) is 4.32. The quantitative estimate of drug-likeness (QED) is 0.902. The molecule has 1 fully saturated rings. The van der Waals surface area contributed by atoms with E-state index < -0.39 is 5.97 Å². The van der Waals surface area contributed by atoms with E-state index in [0.717, 1.165) is 24.3 Å². The fraction of sp³-hybridized carbons (Fsp3) is 0.263. The standard InChI is InChI=1S/C19H20N2O3/c1-13-12-15(19(23)24)6-9-17(13)20-18(22)14-4-7-16(8-5-14)21-10-2-3-11-21/h4-9,12H,2-3,10-11H2,1H3,(H,20,22)(H,23,24). The van der Waals surface area contributed by atoms with Gasteiger partial charge in [-0.15, -0.1) is 0 Å². The van der Waals surface area contributed by atoms with Crippen LogP contribution in [0.2, 0.25) is 0 Å². The zero-order valence-corrected chi connectivity index (χ0v) is 13.6. The van der Waals surface area contributed by atoms with E-state index >= 15 is 0 Å². The maximum atomic E-state index is 12.4. The molecule has 1 aliphatic rings. The van der Waals surface area contributed by atoms with Gasteiger partial charge in [-0.05, 0) is 67.8 Å². The van der Waals surface area contributed by atoms with Gasteiger partial charge < -0.3 is 15.3 Å². The van der Waals surface area contributed by atoms with Gasteiger partial charge in [0.25, 0.3) is 5.91 Å². The van der Waals surface area contributed by atoms with Crippen LogP contribution >= 0.6 is 0 Å². The van der Waals surface area contributed by atoms with Gasteiger partial charge in [0.15, 0.2) is 0 Å². The monoisotopic (exact) mass is 324 g/mol. The van der Waals surface area contributed by atoms with Crippen molar-refractivity contribution in [3.05, 3.63) is 59.2 Å². The highest BCUT2D eigenvalue weighted by Gasteiger charge is 2.14. The number of hydrogen-bond acceptors (Lipinski definition) is 3. The fourth-order valence-corrected chi connectivity index (χ4v) is 2.93. The molecule has 1 aliphatic heterocycles. The topological polar surface area (TPSA) is 69.6 Å². The number of carbonyl (C=O) groups is 2. The summed E-state index contributed by atoms with van der Waals surface area (Å²) in [7, 11) is 0. The van der Waals surface area contributed by atoms with Gasteiger partial charge in [-0.2, -0.15) is 0 Å². The molecule has 1 saturated heterocycles. The molecule has 3 rings (SSSR count). The number of anilines is 2. The largest absolute Gasteiger partial charge is 0.478 e. The number of carbonyl (C=O) groups excluding carboxylic acids is 1. The van der Waals surface area contributed by atoms with Crippen LogP contribution < -0.4 is 10.2 Å². The molecule has 0 bridgehead atoms. The van der Waals surface area contributed by atoms with E-state index in [1.54, 1.807) is 19.1 Å². The summed E-state index contributed by atoms with van der Waals surface area (Å²) in [6, 6.07) is 12.3. The Morgan fingerprint density at radius 3 is 2.21 bits per heavy atom. The van der Waals surface area contributed by atoms with Gasteiger partial charge in [-0.25, -0.2) is 4.79 Å². The van der Waals surface area contributed by atoms with Crippen molar-refractivity contribution in [1.82, 2.24) is 0 Å². The molecule has 0 aliphatic carbocycles. The summed E-state index contributed by atoms with van der Waals surface area (Å²) in [6.45, 7) is 3.92. The lowest BCUT2D eigenvalue weighted by Crippen LogP contribution is -2.18. The van der Waals surface area contributed by atoms with E-state index in [1.165, 1.54) is 18.9 Å². The summed E-state index contributed by atoms with van der Waals surface area (Å²) in [6.07, 6.45) is 2.43. The van der Waals surface area contributed by atoms with E-state index in [4.69, 9.17) is 5.11 Å².